The predicted molar refractivity (Wildman–Crippen MR) is 112 cm³/mol. The number of carbonyl (C=O) groups excluding carboxylic acids is 1. The van der Waals surface area contributed by atoms with E-state index in [0.29, 0.717) is 11.3 Å². The number of aromatic nitrogens is 2. The molecule has 1 aliphatic rings. The van der Waals surface area contributed by atoms with Crippen LogP contribution in [-0.2, 0) is 6.42 Å². The zero-order chi connectivity index (χ0) is 20.2. The van der Waals surface area contributed by atoms with E-state index in [1.165, 1.54) is 0 Å². The number of nitrogens with zero attached hydrogens (tertiary/aromatic N) is 4. The van der Waals surface area contributed by atoms with Gasteiger partial charge in [-0.15, -0.1) is 0 Å². The van der Waals surface area contributed by atoms with Crippen molar-refractivity contribution in [1.29, 1.82) is 0 Å². The quantitative estimate of drug-likeness (QED) is 0.694. The third-order valence-corrected chi connectivity index (χ3v) is 5.55. The molecule has 4 rings (SSSR count). The van der Waals surface area contributed by atoms with Crippen LogP contribution < -0.4 is 5.32 Å². The van der Waals surface area contributed by atoms with Crippen molar-refractivity contribution in [2.45, 2.75) is 19.4 Å². The van der Waals surface area contributed by atoms with Crippen molar-refractivity contribution < 1.29 is 9.32 Å². The number of aryl methyl sites for hydroxylation is 1. The van der Waals surface area contributed by atoms with E-state index in [2.05, 4.69) is 44.4 Å². The molecular formula is C22H27N5O2. The van der Waals surface area contributed by atoms with Crippen molar-refractivity contribution in [2.24, 2.45) is 0 Å². The van der Waals surface area contributed by atoms with E-state index >= 15 is 0 Å². The molecule has 7 nitrogen and oxygen atoms in total. The molecule has 0 spiro atoms. The van der Waals surface area contributed by atoms with Crippen molar-refractivity contribution in [3.63, 3.8) is 0 Å². The molecule has 1 amide bonds. The normalized spacial score (nSPS) is 16.8. The van der Waals surface area contributed by atoms with Crippen molar-refractivity contribution in [3.8, 4) is 0 Å². The molecule has 3 heterocycles. The van der Waals surface area contributed by atoms with Crippen molar-refractivity contribution in [2.75, 3.05) is 39.8 Å². The molecule has 1 aliphatic heterocycles. The molecule has 0 aliphatic carbocycles. The monoisotopic (exact) mass is 393 g/mol. The fraction of sp³-hybridized carbons (Fsp3) is 0.409. The lowest BCUT2D eigenvalue weighted by Crippen LogP contribution is -2.47. The van der Waals surface area contributed by atoms with Gasteiger partial charge in [-0.3, -0.25) is 9.69 Å². The van der Waals surface area contributed by atoms with E-state index in [4.69, 9.17) is 4.52 Å². The number of nitrogens with one attached hydrogen (secondary N) is 1. The average molecular weight is 393 g/mol. The Morgan fingerprint density at radius 1 is 1.21 bits per heavy atom. The van der Waals surface area contributed by atoms with Gasteiger partial charge in [-0.05, 0) is 25.1 Å². The third kappa shape index (κ3) is 4.46. The van der Waals surface area contributed by atoms with E-state index in [1.807, 2.05) is 31.2 Å². The second-order valence-corrected chi connectivity index (χ2v) is 7.60. The minimum absolute atomic E-state index is 0.0871. The maximum absolute atomic E-state index is 13.1. The number of fused-ring (bicyclic) bond motifs is 1. The van der Waals surface area contributed by atoms with Crippen molar-refractivity contribution in [3.05, 3.63) is 59.4 Å². The first-order chi connectivity index (χ1) is 14.1. The molecule has 29 heavy (non-hydrogen) atoms. The summed E-state index contributed by atoms with van der Waals surface area (Å²) in [6.45, 7) is 6.89. The lowest BCUT2D eigenvalue weighted by atomic mass is 10.0. The fourth-order valence-electron chi connectivity index (χ4n) is 3.71. The van der Waals surface area contributed by atoms with Crippen molar-refractivity contribution in [1.82, 2.24) is 25.3 Å². The zero-order valence-corrected chi connectivity index (χ0v) is 17.0. The van der Waals surface area contributed by atoms with Gasteiger partial charge in [-0.25, -0.2) is 4.98 Å². The van der Waals surface area contributed by atoms with Crippen LogP contribution in [0.2, 0.25) is 0 Å². The van der Waals surface area contributed by atoms with Crippen LogP contribution in [-0.4, -0.2) is 65.6 Å². The lowest BCUT2D eigenvalue weighted by molar-refractivity contribution is 0.0907. The Bertz CT molecular complexity index is 964. The van der Waals surface area contributed by atoms with Gasteiger partial charge in [0.1, 0.15) is 0 Å². The first-order valence-corrected chi connectivity index (χ1v) is 10.1. The molecule has 7 heteroatoms. The number of amides is 1. The van der Waals surface area contributed by atoms with Gasteiger partial charge < -0.3 is 14.7 Å². The summed E-state index contributed by atoms with van der Waals surface area (Å²) < 4.78 is 5.23. The van der Waals surface area contributed by atoms with Crippen LogP contribution in [0.1, 0.15) is 34.6 Å². The minimum Gasteiger partial charge on any atom is -0.344 e. The number of benzene rings is 1. The molecule has 1 aromatic carbocycles. The van der Waals surface area contributed by atoms with Crippen LogP contribution >= 0.6 is 0 Å². The SMILES string of the molecule is CCc1noc2ncc(C(=O)NC(CN3CCN(C)CC3)c3ccccc3)cc12. The first kappa shape index (κ1) is 19.5. The van der Waals surface area contributed by atoms with Gasteiger partial charge in [0, 0.05) is 38.9 Å². The van der Waals surface area contributed by atoms with E-state index < -0.39 is 0 Å². The Hall–Kier alpha value is -2.77. The Morgan fingerprint density at radius 2 is 1.97 bits per heavy atom. The number of rotatable bonds is 6. The summed E-state index contributed by atoms with van der Waals surface area (Å²) in [6, 6.07) is 11.9. The molecular weight excluding hydrogens is 366 g/mol. The highest BCUT2D eigenvalue weighted by Crippen LogP contribution is 2.20. The highest BCUT2D eigenvalue weighted by atomic mass is 16.5. The van der Waals surface area contributed by atoms with Gasteiger partial charge in [0.2, 0.25) is 0 Å². The smallest absolute Gasteiger partial charge is 0.257 e. The van der Waals surface area contributed by atoms with Crippen LogP contribution in [0.3, 0.4) is 0 Å². The Morgan fingerprint density at radius 3 is 2.69 bits per heavy atom. The first-order valence-electron chi connectivity index (χ1n) is 10.1. The molecule has 1 atom stereocenters. The average Bonchev–Trinajstić information content (AvgIpc) is 3.17. The molecule has 1 saturated heterocycles. The van der Waals surface area contributed by atoms with Gasteiger partial charge in [-0.1, -0.05) is 42.4 Å². The summed E-state index contributed by atoms with van der Waals surface area (Å²) in [4.78, 5) is 22.1. The van der Waals surface area contributed by atoms with Gasteiger partial charge >= 0.3 is 0 Å². The van der Waals surface area contributed by atoms with Gasteiger partial charge in [-0.2, -0.15) is 0 Å². The minimum atomic E-state index is -0.134. The maximum atomic E-state index is 13.1. The summed E-state index contributed by atoms with van der Waals surface area (Å²) in [5, 5.41) is 8.04. The van der Waals surface area contributed by atoms with Crippen LogP contribution in [0.25, 0.3) is 11.1 Å². The number of pyridine rings is 1. The molecule has 0 radical (unpaired) electrons. The van der Waals surface area contributed by atoms with Gasteiger partial charge in [0.05, 0.1) is 22.7 Å². The van der Waals surface area contributed by atoms with Gasteiger partial charge in [0.15, 0.2) is 0 Å². The number of carbonyl (C=O) groups is 1. The molecule has 3 aromatic rings. The van der Waals surface area contributed by atoms with Crippen LogP contribution in [0, 0.1) is 0 Å². The zero-order valence-electron chi connectivity index (χ0n) is 17.0. The van der Waals surface area contributed by atoms with Crippen molar-refractivity contribution >= 4 is 17.0 Å². The highest BCUT2D eigenvalue weighted by Gasteiger charge is 2.22. The third-order valence-electron chi connectivity index (χ3n) is 5.55. The molecule has 2 aromatic heterocycles. The van der Waals surface area contributed by atoms with Crippen LogP contribution in [0.15, 0.2) is 47.1 Å². The van der Waals surface area contributed by atoms with E-state index in [1.54, 1.807) is 6.20 Å². The Kier molecular flexibility index (Phi) is 5.87. The second-order valence-electron chi connectivity index (χ2n) is 7.60. The topological polar surface area (TPSA) is 74.5 Å². The molecule has 1 fully saturated rings. The summed E-state index contributed by atoms with van der Waals surface area (Å²) in [7, 11) is 2.15. The maximum Gasteiger partial charge on any atom is 0.257 e. The number of hydrogen-bond acceptors (Lipinski definition) is 6. The molecule has 152 valence electrons. The summed E-state index contributed by atoms with van der Waals surface area (Å²) in [6.07, 6.45) is 2.29. The molecule has 0 bridgehead atoms. The number of likely N-dealkylation sites (N-methyl/N-ethyl adjacent to an activating group) is 1. The van der Waals surface area contributed by atoms with Crippen LogP contribution in [0.4, 0.5) is 0 Å². The fourth-order valence-corrected chi connectivity index (χ4v) is 3.71. The summed E-state index contributed by atoms with van der Waals surface area (Å²) in [5.74, 6) is -0.134. The van der Waals surface area contributed by atoms with E-state index in [-0.39, 0.29) is 11.9 Å². The second kappa shape index (κ2) is 8.71. The molecule has 1 N–H and O–H groups in total. The molecule has 0 saturated carbocycles. The largest absolute Gasteiger partial charge is 0.344 e. The number of piperazine rings is 1. The van der Waals surface area contributed by atoms with Crippen LogP contribution in [0.5, 0.6) is 0 Å². The van der Waals surface area contributed by atoms with E-state index in [9.17, 15) is 4.79 Å². The lowest BCUT2D eigenvalue weighted by Gasteiger charge is -2.35. The Labute approximate surface area is 170 Å². The molecule has 1 unspecified atom stereocenters. The number of hydrogen-bond donors (Lipinski definition) is 1. The van der Waals surface area contributed by atoms with Gasteiger partial charge in [0.25, 0.3) is 11.6 Å². The Balaban J connectivity index is 1.54. The summed E-state index contributed by atoms with van der Waals surface area (Å²) in [5.41, 5.74) is 2.91. The standard InChI is InChI=1S/C22H27N5O2/c1-3-19-18-13-17(14-23-22(18)29-25-19)21(28)24-20(16-7-5-4-6-8-16)15-27-11-9-26(2)10-12-27/h4-8,13-14,20H,3,9-12,15H2,1-2H3,(H,24,28). The predicted octanol–water partition coefficient (Wildman–Crippen LogP) is 2.50. The summed E-state index contributed by atoms with van der Waals surface area (Å²) >= 11 is 0. The van der Waals surface area contributed by atoms with E-state index in [0.717, 1.165) is 55.8 Å². The highest BCUT2D eigenvalue weighted by molar-refractivity contribution is 5.97.